The first-order valence-corrected chi connectivity index (χ1v) is 9.89. The van der Waals surface area contributed by atoms with Gasteiger partial charge in [0.1, 0.15) is 23.7 Å². The van der Waals surface area contributed by atoms with Gasteiger partial charge in [0.15, 0.2) is 0 Å². The summed E-state index contributed by atoms with van der Waals surface area (Å²) in [6, 6.07) is 16.5. The Balaban J connectivity index is 2.10. The Bertz CT molecular complexity index is 699. The molecule has 3 nitrogen and oxygen atoms in total. The number of ether oxygens (including phenoxy) is 2. The second-order valence-electron chi connectivity index (χ2n) is 8.26. The van der Waals surface area contributed by atoms with E-state index in [2.05, 4.69) is 71.0 Å². The van der Waals surface area contributed by atoms with Crippen molar-refractivity contribution in [1.29, 1.82) is 0 Å². The molecule has 2 aromatic rings. The van der Waals surface area contributed by atoms with Crippen LogP contribution in [0.5, 0.6) is 11.5 Å². The van der Waals surface area contributed by atoms with E-state index in [0.29, 0.717) is 13.0 Å². The Morgan fingerprint density at radius 2 is 1.30 bits per heavy atom. The number of benzene rings is 2. The van der Waals surface area contributed by atoms with Crippen LogP contribution >= 0.6 is 0 Å². The number of aliphatic hydroxyl groups excluding tert-OH is 1. The largest absolute Gasteiger partial charge is 0.491 e. The molecular formula is C24H34O3. The molecule has 3 heteroatoms. The lowest BCUT2D eigenvalue weighted by Crippen LogP contribution is -2.26. The van der Waals surface area contributed by atoms with Gasteiger partial charge in [0.25, 0.3) is 0 Å². The standard InChI is InChI=1S/C24H34O3/c1-7-20(25)17-26-21-13-9-18(10-14-21)24(5,6)19-11-15-22(16-12-19)27-23(3,4)8-2/h9-16,20,25H,7-8,17H2,1-6H3. The summed E-state index contributed by atoms with van der Waals surface area (Å²) in [5.41, 5.74) is 2.17. The summed E-state index contributed by atoms with van der Waals surface area (Å²) in [5.74, 6) is 1.69. The van der Waals surface area contributed by atoms with Crippen LogP contribution in [0.25, 0.3) is 0 Å². The summed E-state index contributed by atoms with van der Waals surface area (Å²) in [6.45, 7) is 13.1. The van der Waals surface area contributed by atoms with Crippen LogP contribution in [0.2, 0.25) is 0 Å². The highest BCUT2D eigenvalue weighted by atomic mass is 16.5. The molecule has 1 N–H and O–H groups in total. The molecule has 0 aliphatic rings. The fourth-order valence-corrected chi connectivity index (χ4v) is 2.78. The van der Waals surface area contributed by atoms with Gasteiger partial charge < -0.3 is 14.6 Å². The van der Waals surface area contributed by atoms with Gasteiger partial charge in [-0.2, -0.15) is 0 Å². The van der Waals surface area contributed by atoms with Crippen LogP contribution in [0.3, 0.4) is 0 Å². The van der Waals surface area contributed by atoms with Crippen LogP contribution in [0.4, 0.5) is 0 Å². The van der Waals surface area contributed by atoms with E-state index >= 15 is 0 Å². The van der Waals surface area contributed by atoms with Crippen LogP contribution in [0, 0.1) is 0 Å². The third-order valence-electron chi connectivity index (χ3n) is 5.31. The first-order chi connectivity index (χ1) is 12.7. The molecule has 1 unspecified atom stereocenters. The minimum atomic E-state index is -0.417. The molecule has 148 valence electrons. The van der Waals surface area contributed by atoms with Gasteiger partial charge in [-0.15, -0.1) is 0 Å². The molecule has 0 aromatic heterocycles. The van der Waals surface area contributed by atoms with E-state index in [9.17, 15) is 5.11 Å². The zero-order valence-corrected chi connectivity index (χ0v) is 17.6. The van der Waals surface area contributed by atoms with Crippen molar-refractivity contribution in [2.45, 2.75) is 71.5 Å². The van der Waals surface area contributed by atoms with Crippen molar-refractivity contribution in [1.82, 2.24) is 0 Å². The minimum absolute atomic E-state index is 0.125. The van der Waals surface area contributed by atoms with Crippen molar-refractivity contribution in [2.24, 2.45) is 0 Å². The van der Waals surface area contributed by atoms with Crippen molar-refractivity contribution in [3.8, 4) is 11.5 Å². The van der Waals surface area contributed by atoms with E-state index in [1.165, 1.54) is 11.1 Å². The van der Waals surface area contributed by atoms with Crippen molar-refractivity contribution >= 4 is 0 Å². The number of rotatable bonds is 9. The Morgan fingerprint density at radius 3 is 1.74 bits per heavy atom. The highest BCUT2D eigenvalue weighted by Gasteiger charge is 2.24. The van der Waals surface area contributed by atoms with Crippen LogP contribution in [-0.4, -0.2) is 23.4 Å². The molecule has 0 saturated carbocycles. The fourth-order valence-electron chi connectivity index (χ4n) is 2.78. The third-order valence-corrected chi connectivity index (χ3v) is 5.31. The molecule has 27 heavy (non-hydrogen) atoms. The predicted molar refractivity (Wildman–Crippen MR) is 112 cm³/mol. The van der Waals surface area contributed by atoms with Gasteiger partial charge in [-0.05, 0) is 62.1 Å². The van der Waals surface area contributed by atoms with Gasteiger partial charge in [0, 0.05) is 5.41 Å². The Labute approximate surface area is 164 Å². The van der Waals surface area contributed by atoms with Crippen LogP contribution in [0.15, 0.2) is 48.5 Å². The molecule has 0 fully saturated rings. The summed E-state index contributed by atoms with van der Waals surface area (Å²) in [6.07, 6.45) is 1.24. The van der Waals surface area contributed by atoms with E-state index in [4.69, 9.17) is 9.47 Å². The summed E-state index contributed by atoms with van der Waals surface area (Å²) < 4.78 is 11.7. The van der Waals surface area contributed by atoms with Gasteiger partial charge in [-0.3, -0.25) is 0 Å². The zero-order chi connectivity index (χ0) is 20.1. The molecule has 0 radical (unpaired) electrons. The Morgan fingerprint density at radius 1 is 0.815 bits per heavy atom. The van der Waals surface area contributed by atoms with E-state index < -0.39 is 6.10 Å². The van der Waals surface area contributed by atoms with Crippen LogP contribution < -0.4 is 9.47 Å². The molecule has 0 aliphatic heterocycles. The molecule has 0 bridgehead atoms. The highest BCUT2D eigenvalue weighted by Crippen LogP contribution is 2.34. The lowest BCUT2D eigenvalue weighted by atomic mass is 9.78. The highest BCUT2D eigenvalue weighted by molar-refractivity contribution is 5.41. The Hall–Kier alpha value is -2.00. The lowest BCUT2D eigenvalue weighted by molar-refractivity contribution is 0.104. The Kier molecular flexibility index (Phi) is 6.94. The van der Waals surface area contributed by atoms with Crippen LogP contribution in [-0.2, 0) is 5.41 Å². The molecule has 2 aromatic carbocycles. The molecule has 0 saturated heterocycles. The van der Waals surface area contributed by atoms with Gasteiger partial charge in [-0.1, -0.05) is 52.0 Å². The topological polar surface area (TPSA) is 38.7 Å². The number of hydrogen-bond acceptors (Lipinski definition) is 3. The summed E-state index contributed by atoms with van der Waals surface area (Å²) >= 11 is 0. The molecule has 0 spiro atoms. The van der Waals surface area contributed by atoms with E-state index in [0.717, 1.165) is 17.9 Å². The number of hydrogen-bond donors (Lipinski definition) is 1. The van der Waals surface area contributed by atoms with E-state index in [-0.39, 0.29) is 11.0 Å². The lowest BCUT2D eigenvalue weighted by Gasteiger charge is -2.28. The van der Waals surface area contributed by atoms with Crippen LogP contribution in [0.1, 0.15) is 65.5 Å². The molecule has 0 heterocycles. The van der Waals surface area contributed by atoms with Gasteiger partial charge in [0.05, 0.1) is 6.10 Å². The monoisotopic (exact) mass is 370 g/mol. The van der Waals surface area contributed by atoms with E-state index in [1.807, 2.05) is 19.1 Å². The first-order valence-electron chi connectivity index (χ1n) is 9.89. The molecule has 0 amide bonds. The second-order valence-corrected chi connectivity index (χ2v) is 8.26. The minimum Gasteiger partial charge on any atom is -0.491 e. The van der Waals surface area contributed by atoms with Crippen molar-refractivity contribution in [3.63, 3.8) is 0 Å². The van der Waals surface area contributed by atoms with E-state index in [1.54, 1.807) is 0 Å². The molecule has 1 atom stereocenters. The van der Waals surface area contributed by atoms with Gasteiger partial charge in [-0.25, -0.2) is 0 Å². The van der Waals surface area contributed by atoms with Crippen molar-refractivity contribution in [3.05, 3.63) is 59.7 Å². The average Bonchev–Trinajstić information content (AvgIpc) is 2.66. The zero-order valence-electron chi connectivity index (χ0n) is 17.6. The quantitative estimate of drug-likeness (QED) is 0.612. The maximum absolute atomic E-state index is 9.63. The average molecular weight is 371 g/mol. The summed E-state index contributed by atoms with van der Waals surface area (Å²) in [7, 11) is 0. The molecule has 2 rings (SSSR count). The molecule has 0 aliphatic carbocycles. The number of aliphatic hydroxyl groups is 1. The normalized spacial score (nSPS) is 13.3. The van der Waals surface area contributed by atoms with Gasteiger partial charge >= 0.3 is 0 Å². The van der Waals surface area contributed by atoms with Crippen molar-refractivity contribution in [2.75, 3.05) is 6.61 Å². The van der Waals surface area contributed by atoms with Crippen molar-refractivity contribution < 1.29 is 14.6 Å². The molecular weight excluding hydrogens is 336 g/mol. The smallest absolute Gasteiger partial charge is 0.120 e. The third kappa shape index (κ3) is 5.74. The maximum Gasteiger partial charge on any atom is 0.120 e. The van der Waals surface area contributed by atoms with Gasteiger partial charge in [0.2, 0.25) is 0 Å². The summed E-state index contributed by atoms with van der Waals surface area (Å²) in [4.78, 5) is 0. The predicted octanol–water partition coefficient (Wildman–Crippen LogP) is 5.73. The SMILES string of the molecule is CCC(O)COc1ccc(C(C)(C)c2ccc(OC(C)(C)CC)cc2)cc1. The summed E-state index contributed by atoms with van der Waals surface area (Å²) in [5, 5.41) is 9.63. The second kappa shape index (κ2) is 8.79. The first kappa shape index (κ1) is 21.3. The fraction of sp³-hybridized carbons (Fsp3) is 0.500. The maximum atomic E-state index is 9.63.